The van der Waals surface area contributed by atoms with Gasteiger partial charge in [-0.25, -0.2) is 9.67 Å². The molecule has 0 atom stereocenters. The van der Waals surface area contributed by atoms with Gasteiger partial charge in [0.1, 0.15) is 0 Å². The van der Waals surface area contributed by atoms with E-state index in [9.17, 15) is 4.79 Å². The summed E-state index contributed by atoms with van der Waals surface area (Å²) in [5.74, 6) is 1.42. The second kappa shape index (κ2) is 10.2. The van der Waals surface area contributed by atoms with Gasteiger partial charge in [0.05, 0.1) is 31.5 Å². The zero-order valence-electron chi connectivity index (χ0n) is 17.3. The Kier molecular flexibility index (Phi) is 7.94. The van der Waals surface area contributed by atoms with Crippen molar-refractivity contribution in [3.8, 4) is 5.88 Å². The number of aryl methyl sites for hydroxylation is 2. The van der Waals surface area contributed by atoms with Crippen molar-refractivity contribution in [1.82, 2.24) is 25.3 Å². The Morgan fingerprint density at radius 2 is 2.04 bits per heavy atom. The summed E-state index contributed by atoms with van der Waals surface area (Å²) >= 11 is 0. The van der Waals surface area contributed by atoms with Crippen molar-refractivity contribution in [2.24, 2.45) is 12.0 Å². The van der Waals surface area contributed by atoms with Crippen molar-refractivity contribution in [2.45, 2.75) is 58.0 Å². The van der Waals surface area contributed by atoms with E-state index in [0.717, 1.165) is 36.4 Å². The van der Waals surface area contributed by atoms with Crippen molar-refractivity contribution in [2.75, 3.05) is 27.7 Å². The lowest BCUT2D eigenvalue weighted by Gasteiger charge is -2.25. The number of carbonyl (C=O) groups is 1. The third-order valence-electron chi connectivity index (χ3n) is 4.95. The Morgan fingerprint density at radius 3 is 2.63 bits per heavy atom. The predicted octanol–water partition coefficient (Wildman–Crippen LogP) is 1.45. The molecule has 0 unspecified atom stereocenters. The molecule has 1 aliphatic carbocycles. The Balaban J connectivity index is 2.14. The van der Waals surface area contributed by atoms with E-state index < -0.39 is 0 Å². The van der Waals surface area contributed by atoms with Crippen molar-refractivity contribution < 1.29 is 9.53 Å². The molecule has 152 valence electrons. The lowest BCUT2D eigenvalue weighted by Crippen LogP contribution is -2.47. The standard InChI is InChI=1S/C19H34N6O2/c1-6-16-15(18(27-5)25(4)23-16)12-20-19(21-13-17(26)24(2)3)22-14-10-8-7-9-11-14/h14H,6-13H2,1-5H3,(H2,20,21,22). The third kappa shape index (κ3) is 5.87. The minimum atomic E-state index is 0.0151. The maximum Gasteiger partial charge on any atom is 0.241 e. The summed E-state index contributed by atoms with van der Waals surface area (Å²) in [6.07, 6.45) is 6.86. The molecule has 1 aromatic heterocycles. The van der Waals surface area contributed by atoms with Gasteiger partial charge in [-0.1, -0.05) is 26.2 Å². The van der Waals surface area contributed by atoms with E-state index in [4.69, 9.17) is 9.73 Å². The molecule has 1 heterocycles. The molecular weight excluding hydrogens is 344 g/mol. The highest BCUT2D eigenvalue weighted by Gasteiger charge is 2.18. The van der Waals surface area contributed by atoms with E-state index in [1.165, 1.54) is 19.3 Å². The van der Waals surface area contributed by atoms with Gasteiger partial charge < -0.3 is 20.3 Å². The van der Waals surface area contributed by atoms with Gasteiger partial charge in [-0.3, -0.25) is 4.79 Å². The summed E-state index contributed by atoms with van der Waals surface area (Å²) in [5, 5.41) is 11.2. The van der Waals surface area contributed by atoms with Crippen molar-refractivity contribution in [1.29, 1.82) is 0 Å². The summed E-state index contributed by atoms with van der Waals surface area (Å²) < 4.78 is 7.25. The number of ether oxygens (including phenoxy) is 1. The molecular formula is C19H34N6O2. The number of hydrogen-bond donors (Lipinski definition) is 2. The van der Waals surface area contributed by atoms with Crippen LogP contribution in [0, 0.1) is 0 Å². The fraction of sp³-hybridized carbons (Fsp3) is 0.737. The van der Waals surface area contributed by atoms with Gasteiger partial charge in [-0.15, -0.1) is 0 Å². The summed E-state index contributed by atoms with van der Waals surface area (Å²) in [7, 11) is 7.03. The molecule has 0 aliphatic heterocycles. The second-order valence-corrected chi connectivity index (χ2v) is 7.20. The number of rotatable bonds is 7. The Morgan fingerprint density at radius 1 is 1.33 bits per heavy atom. The SMILES string of the molecule is CCc1nn(C)c(OC)c1CN=C(NCC(=O)N(C)C)NC1CCCCC1. The second-order valence-electron chi connectivity index (χ2n) is 7.20. The number of amides is 1. The molecule has 0 radical (unpaired) electrons. The number of likely N-dealkylation sites (N-methyl/N-ethyl adjacent to an activating group) is 1. The van der Waals surface area contributed by atoms with E-state index in [-0.39, 0.29) is 12.5 Å². The molecule has 0 bridgehead atoms. The fourth-order valence-electron chi connectivity index (χ4n) is 3.37. The van der Waals surface area contributed by atoms with Crippen LogP contribution in [0.15, 0.2) is 4.99 Å². The summed E-state index contributed by atoms with van der Waals surface area (Å²) in [4.78, 5) is 18.3. The Hall–Kier alpha value is -2.25. The van der Waals surface area contributed by atoms with Gasteiger partial charge in [0.15, 0.2) is 5.96 Å². The summed E-state index contributed by atoms with van der Waals surface area (Å²) in [6.45, 7) is 2.75. The van der Waals surface area contributed by atoms with Crippen LogP contribution in [0.4, 0.5) is 0 Å². The van der Waals surface area contributed by atoms with Gasteiger partial charge >= 0.3 is 0 Å². The number of guanidine groups is 1. The highest BCUT2D eigenvalue weighted by Crippen LogP contribution is 2.23. The van der Waals surface area contributed by atoms with Gasteiger partial charge in [0.25, 0.3) is 0 Å². The van der Waals surface area contributed by atoms with Crippen LogP contribution in [0.25, 0.3) is 0 Å². The Labute approximate surface area is 162 Å². The van der Waals surface area contributed by atoms with Crippen molar-refractivity contribution in [3.63, 3.8) is 0 Å². The molecule has 2 N–H and O–H groups in total. The maximum absolute atomic E-state index is 12.0. The molecule has 8 heteroatoms. The number of aromatic nitrogens is 2. The number of hydrogen-bond acceptors (Lipinski definition) is 4. The first-order chi connectivity index (χ1) is 13.0. The number of methoxy groups -OCH3 is 1. The molecule has 1 amide bonds. The van der Waals surface area contributed by atoms with Gasteiger partial charge in [0.2, 0.25) is 11.8 Å². The van der Waals surface area contributed by atoms with Crippen LogP contribution in [-0.2, 0) is 24.8 Å². The largest absolute Gasteiger partial charge is 0.481 e. The monoisotopic (exact) mass is 378 g/mol. The van der Waals surface area contributed by atoms with Crippen LogP contribution >= 0.6 is 0 Å². The Bertz CT molecular complexity index is 647. The average Bonchev–Trinajstić information content (AvgIpc) is 2.98. The smallest absolute Gasteiger partial charge is 0.241 e. The third-order valence-corrected chi connectivity index (χ3v) is 4.95. The number of nitrogens with one attached hydrogen (secondary N) is 2. The molecule has 8 nitrogen and oxygen atoms in total. The van der Waals surface area contributed by atoms with Gasteiger partial charge in [0, 0.05) is 27.2 Å². The first kappa shape index (κ1) is 21.1. The van der Waals surface area contributed by atoms with Gasteiger partial charge in [-0.05, 0) is 19.3 Å². The van der Waals surface area contributed by atoms with Crippen LogP contribution in [0.3, 0.4) is 0 Å². The summed E-state index contributed by atoms with van der Waals surface area (Å²) in [5.41, 5.74) is 1.98. The van der Waals surface area contributed by atoms with E-state index >= 15 is 0 Å². The highest BCUT2D eigenvalue weighted by atomic mass is 16.5. The summed E-state index contributed by atoms with van der Waals surface area (Å²) in [6, 6.07) is 0.404. The molecule has 2 rings (SSSR count). The van der Waals surface area contributed by atoms with Gasteiger partial charge in [-0.2, -0.15) is 5.10 Å². The first-order valence-corrected chi connectivity index (χ1v) is 9.80. The molecule has 0 saturated heterocycles. The van der Waals surface area contributed by atoms with E-state index in [2.05, 4.69) is 22.7 Å². The van der Waals surface area contributed by atoms with Crippen molar-refractivity contribution in [3.05, 3.63) is 11.3 Å². The number of aliphatic imine (C=N–C) groups is 1. The topological polar surface area (TPSA) is 83.8 Å². The minimum Gasteiger partial charge on any atom is -0.481 e. The van der Waals surface area contributed by atoms with Crippen LogP contribution in [-0.4, -0.2) is 60.3 Å². The van der Waals surface area contributed by atoms with E-state index in [1.54, 1.807) is 30.8 Å². The average molecular weight is 379 g/mol. The number of carbonyl (C=O) groups excluding carboxylic acids is 1. The molecule has 27 heavy (non-hydrogen) atoms. The zero-order valence-corrected chi connectivity index (χ0v) is 17.3. The molecule has 1 fully saturated rings. The lowest BCUT2D eigenvalue weighted by molar-refractivity contribution is -0.127. The molecule has 0 spiro atoms. The van der Waals surface area contributed by atoms with Crippen LogP contribution in [0.5, 0.6) is 5.88 Å². The van der Waals surface area contributed by atoms with Crippen LogP contribution in [0.1, 0.15) is 50.3 Å². The maximum atomic E-state index is 12.0. The van der Waals surface area contributed by atoms with Crippen LogP contribution < -0.4 is 15.4 Å². The molecule has 1 aliphatic rings. The van der Waals surface area contributed by atoms with Crippen molar-refractivity contribution >= 4 is 11.9 Å². The minimum absolute atomic E-state index is 0.0151. The first-order valence-electron chi connectivity index (χ1n) is 9.80. The zero-order chi connectivity index (χ0) is 19.8. The molecule has 0 aromatic carbocycles. The number of nitrogens with zero attached hydrogens (tertiary/aromatic N) is 4. The normalized spacial score (nSPS) is 15.5. The molecule has 1 aromatic rings. The highest BCUT2D eigenvalue weighted by molar-refractivity contribution is 5.86. The predicted molar refractivity (Wildman–Crippen MR) is 107 cm³/mol. The van der Waals surface area contributed by atoms with Crippen LogP contribution in [0.2, 0.25) is 0 Å². The van der Waals surface area contributed by atoms with E-state index in [1.807, 2.05) is 7.05 Å². The van der Waals surface area contributed by atoms with E-state index in [0.29, 0.717) is 18.5 Å². The fourth-order valence-corrected chi connectivity index (χ4v) is 3.37. The molecule has 1 saturated carbocycles. The quantitative estimate of drug-likeness (QED) is 0.554. The lowest BCUT2D eigenvalue weighted by atomic mass is 9.96.